The first-order valence-electron chi connectivity index (χ1n) is 10.9. The monoisotopic (exact) mass is 464 g/mol. The maximum Gasteiger partial charge on any atom is 0.326 e. The summed E-state index contributed by atoms with van der Waals surface area (Å²) in [6, 6.07) is 17.0. The van der Waals surface area contributed by atoms with E-state index in [1.54, 1.807) is 12.1 Å². The average molecular weight is 465 g/mol. The van der Waals surface area contributed by atoms with E-state index in [9.17, 15) is 9.18 Å². The number of carbonyl (C=O) groups excluding carboxylic acids is 1. The van der Waals surface area contributed by atoms with Crippen molar-refractivity contribution in [1.82, 2.24) is 0 Å². The number of furan rings is 1. The first-order chi connectivity index (χ1) is 15.8. The van der Waals surface area contributed by atoms with Gasteiger partial charge in [-0.2, -0.15) is 0 Å². The number of carbonyl (C=O) groups is 1. The quantitative estimate of drug-likeness (QED) is 0.310. The zero-order valence-corrected chi connectivity index (χ0v) is 19.8. The summed E-state index contributed by atoms with van der Waals surface area (Å²) in [5.41, 5.74) is 4.52. The van der Waals surface area contributed by atoms with Crippen molar-refractivity contribution in [2.75, 3.05) is 10.6 Å². The maximum atomic E-state index is 14.1. The Balaban J connectivity index is 1.76. The number of para-hydroxylation sites is 1. The van der Waals surface area contributed by atoms with Gasteiger partial charge >= 0.3 is 6.03 Å². The molecule has 4 rings (SSSR count). The van der Waals surface area contributed by atoms with Gasteiger partial charge in [-0.05, 0) is 47.2 Å². The summed E-state index contributed by atoms with van der Waals surface area (Å²) < 4.78 is 20.0. The standard InChI is InChI=1S/C27H26ClFN2O2/c1-15(2)18-9-7-10-19(16(3)4)25(18)30-27(32)31-26-24(20-8-5-6-11-22(20)28)21-14-17(29)12-13-23(21)33-26/h5-16H,1-4H3,(H2,30,31,32). The summed E-state index contributed by atoms with van der Waals surface area (Å²) in [6.07, 6.45) is 0. The molecule has 1 heterocycles. The molecule has 0 spiro atoms. The fourth-order valence-corrected chi connectivity index (χ4v) is 4.26. The second-order valence-corrected chi connectivity index (χ2v) is 9.03. The van der Waals surface area contributed by atoms with E-state index in [4.69, 9.17) is 16.0 Å². The van der Waals surface area contributed by atoms with Gasteiger partial charge in [-0.15, -0.1) is 0 Å². The van der Waals surface area contributed by atoms with Crippen LogP contribution in [0.4, 0.5) is 20.8 Å². The van der Waals surface area contributed by atoms with Crippen LogP contribution in [0, 0.1) is 5.82 Å². The van der Waals surface area contributed by atoms with E-state index < -0.39 is 11.8 Å². The molecule has 0 aliphatic carbocycles. The van der Waals surface area contributed by atoms with Gasteiger partial charge in [0.05, 0.1) is 5.56 Å². The lowest BCUT2D eigenvalue weighted by Crippen LogP contribution is -2.21. The van der Waals surface area contributed by atoms with Crippen LogP contribution in [0.1, 0.15) is 50.7 Å². The van der Waals surface area contributed by atoms with Crippen molar-refractivity contribution in [3.05, 3.63) is 82.6 Å². The minimum Gasteiger partial charge on any atom is -0.440 e. The van der Waals surface area contributed by atoms with Crippen molar-refractivity contribution in [3.63, 3.8) is 0 Å². The Labute approximate surface area is 197 Å². The van der Waals surface area contributed by atoms with Gasteiger partial charge in [-0.1, -0.05) is 75.7 Å². The highest BCUT2D eigenvalue weighted by Gasteiger charge is 2.22. The van der Waals surface area contributed by atoms with Gasteiger partial charge in [0.1, 0.15) is 11.4 Å². The number of hydrogen-bond donors (Lipinski definition) is 2. The van der Waals surface area contributed by atoms with Crippen molar-refractivity contribution in [3.8, 4) is 11.1 Å². The molecule has 6 heteroatoms. The molecule has 2 N–H and O–H groups in total. The highest BCUT2D eigenvalue weighted by molar-refractivity contribution is 6.34. The summed E-state index contributed by atoms with van der Waals surface area (Å²) in [5, 5.41) is 6.85. The van der Waals surface area contributed by atoms with Crippen molar-refractivity contribution in [2.24, 2.45) is 0 Å². The third-order valence-corrected chi connectivity index (χ3v) is 5.96. The molecule has 0 aliphatic heterocycles. The fraction of sp³-hybridized carbons (Fsp3) is 0.222. The number of benzene rings is 3. The van der Waals surface area contributed by atoms with Crippen LogP contribution in [0.2, 0.25) is 5.02 Å². The van der Waals surface area contributed by atoms with E-state index >= 15 is 0 Å². The SMILES string of the molecule is CC(C)c1cccc(C(C)C)c1NC(=O)Nc1oc2ccc(F)cc2c1-c1ccccc1Cl. The molecular weight excluding hydrogens is 439 g/mol. The number of amides is 2. The Hall–Kier alpha value is -3.31. The van der Waals surface area contributed by atoms with Gasteiger partial charge in [0.2, 0.25) is 5.88 Å². The molecule has 4 nitrogen and oxygen atoms in total. The van der Waals surface area contributed by atoms with Crippen LogP contribution >= 0.6 is 11.6 Å². The van der Waals surface area contributed by atoms with Crippen LogP contribution in [0.25, 0.3) is 22.1 Å². The van der Waals surface area contributed by atoms with Crippen molar-refractivity contribution >= 4 is 40.2 Å². The van der Waals surface area contributed by atoms with Crippen molar-refractivity contribution < 1.29 is 13.6 Å². The molecule has 0 saturated carbocycles. The second-order valence-electron chi connectivity index (χ2n) is 8.63. The van der Waals surface area contributed by atoms with Crippen LogP contribution in [-0.2, 0) is 0 Å². The lowest BCUT2D eigenvalue weighted by Gasteiger charge is -2.20. The molecule has 33 heavy (non-hydrogen) atoms. The van der Waals surface area contributed by atoms with E-state index in [-0.39, 0.29) is 17.7 Å². The molecular formula is C27H26ClFN2O2. The zero-order chi connectivity index (χ0) is 23.7. The lowest BCUT2D eigenvalue weighted by molar-refractivity contribution is 0.261. The van der Waals surface area contributed by atoms with Crippen LogP contribution in [0.15, 0.2) is 65.1 Å². The average Bonchev–Trinajstić information content (AvgIpc) is 3.10. The normalized spacial score (nSPS) is 11.4. The van der Waals surface area contributed by atoms with Crippen LogP contribution in [-0.4, -0.2) is 6.03 Å². The third-order valence-electron chi connectivity index (χ3n) is 5.63. The van der Waals surface area contributed by atoms with Crippen LogP contribution < -0.4 is 10.6 Å². The van der Waals surface area contributed by atoms with Crippen LogP contribution in [0.3, 0.4) is 0 Å². The summed E-state index contributed by atoms with van der Waals surface area (Å²) in [4.78, 5) is 13.2. The lowest BCUT2D eigenvalue weighted by atomic mass is 9.93. The third kappa shape index (κ3) is 4.60. The maximum absolute atomic E-state index is 14.1. The first kappa shape index (κ1) is 22.9. The first-order valence-corrected chi connectivity index (χ1v) is 11.3. The molecule has 170 valence electrons. The molecule has 0 saturated heterocycles. The van der Waals surface area contributed by atoms with Gasteiger partial charge < -0.3 is 9.73 Å². The summed E-state index contributed by atoms with van der Waals surface area (Å²) in [5.74, 6) is 0.257. The summed E-state index contributed by atoms with van der Waals surface area (Å²) >= 11 is 6.44. The Morgan fingerprint density at radius 1 is 0.909 bits per heavy atom. The number of rotatable bonds is 5. The zero-order valence-electron chi connectivity index (χ0n) is 19.0. The summed E-state index contributed by atoms with van der Waals surface area (Å²) in [6.45, 7) is 8.36. The largest absolute Gasteiger partial charge is 0.440 e. The van der Waals surface area contributed by atoms with Gasteiger partial charge in [0, 0.05) is 21.7 Å². The number of nitrogens with one attached hydrogen (secondary N) is 2. The van der Waals surface area contributed by atoms with E-state index in [0.29, 0.717) is 27.1 Å². The van der Waals surface area contributed by atoms with Gasteiger partial charge in [-0.3, -0.25) is 5.32 Å². The van der Waals surface area contributed by atoms with E-state index in [1.165, 1.54) is 12.1 Å². The fourth-order valence-electron chi connectivity index (χ4n) is 4.03. The number of halogens is 2. The van der Waals surface area contributed by atoms with Crippen LogP contribution in [0.5, 0.6) is 0 Å². The van der Waals surface area contributed by atoms with Crippen molar-refractivity contribution in [2.45, 2.75) is 39.5 Å². The Kier molecular flexibility index (Phi) is 6.43. The number of urea groups is 1. The van der Waals surface area contributed by atoms with E-state index in [1.807, 2.05) is 36.4 Å². The molecule has 0 bridgehead atoms. The Morgan fingerprint density at radius 3 is 2.21 bits per heavy atom. The second kappa shape index (κ2) is 9.28. The predicted molar refractivity (Wildman–Crippen MR) is 134 cm³/mol. The summed E-state index contributed by atoms with van der Waals surface area (Å²) in [7, 11) is 0. The molecule has 2 amide bonds. The topological polar surface area (TPSA) is 54.3 Å². The predicted octanol–water partition coefficient (Wildman–Crippen LogP) is 8.78. The molecule has 3 aromatic carbocycles. The Morgan fingerprint density at radius 2 is 1.58 bits per heavy atom. The number of hydrogen-bond acceptors (Lipinski definition) is 2. The number of anilines is 2. The highest BCUT2D eigenvalue weighted by atomic mass is 35.5. The molecule has 0 radical (unpaired) electrons. The molecule has 0 fully saturated rings. The molecule has 0 aliphatic rings. The van der Waals surface area contributed by atoms with Gasteiger partial charge in [0.25, 0.3) is 0 Å². The molecule has 0 atom stereocenters. The minimum absolute atomic E-state index is 0.203. The van der Waals surface area contributed by atoms with Crippen molar-refractivity contribution in [1.29, 1.82) is 0 Å². The molecule has 1 aromatic heterocycles. The van der Waals surface area contributed by atoms with Gasteiger partial charge in [-0.25, -0.2) is 9.18 Å². The van der Waals surface area contributed by atoms with E-state index in [0.717, 1.165) is 16.8 Å². The minimum atomic E-state index is -0.446. The molecule has 0 unspecified atom stereocenters. The molecule has 4 aromatic rings. The smallest absolute Gasteiger partial charge is 0.326 e. The highest BCUT2D eigenvalue weighted by Crippen LogP contribution is 2.42. The Bertz CT molecular complexity index is 1300. The van der Waals surface area contributed by atoms with Gasteiger partial charge in [0.15, 0.2) is 0 Å². The van der Waals surface area contributed by atoms with E-state index in [2.05, 4.69) is 38.3 Å². The number of fused-ring (bicyclic) bond motifs is 1.